The van der Waals surface area contributed by atoms with Crippen molar-refractivity contribution in [2.75, 3.05) is 6.54 Å². The molecule has 0 bridgehead atoms. The van der Waals surface area contributed by atoms with E-state index in [-0.39, 0.29) is 5.91 Å². The van der Waals surface area contributed by atoms with Gasteiger partial charge in [0.15, 0.2) is 5.65 Å². The van der Waals surface area contributed by atoms with E-state index in [1.54, 1.807) is 11.3 Å². The molecule has 0 saturated heterocycles. The molecule has 0 unspecified atom stereocenters. The van der Waals surface area contributed by atoms with Crippen LogP contribution in [0.1, 0.15) is 21.2 Å². The van der Waals surface area contributed by atoms with Crippen LogP contribution in [-0.4, -0.2) is 32.0 Å². The number of carbonyl (C=O) groups excluding carboxylic acids is 1. The van der Waals surface area contributed by atoms with Crippen LogP contribution >= 0.6 is 22.7 Å². The number of amides is 1. The summed E-state index contributed by atoms with van der Waals surface area (Å²) in [6, 6.07) is 7.78. The van der Waals surface area contributed by atoms with Gasteiger partial charge >= 0.3 is 0 Å². The number of hydrogen-bond acceptors (Lipinski definition) is 6. The van der Waals surface area contributed by atoms with E-state index in [1.165, 1.54) is 11.3 Å². The molecule has 0 aromatic carbocycles. The average Bonchev–Trinajstić information content (AvgIpc) is 3.34. The van der Waals surface area contributed by atoms with Gasteiger partial charge in [-0.3, -0.25) is 9.20 Å². The summed E-state index contributed by atoms with van der Waals surface area (Å²) < 4.78 is 1.93. The monoisotopic (exact) mass is 369 g/mol. The van der Waals surface area contributed by atoms with Gasteiger partial charge in [0.05, 0.1) is 5.69 Å². The van der Waals surface area contributed by atoms with Crippen LogP contribution in [0.2, 0.25) is 0 Å². The highest BCUT2D eigenvalue weighted by molar-refractivity contribution is 7.17. The Balaban J connectivity index is 1.42. The van der Waals surface area contributed by atoms with Crippen molar-refractivity contribution < 1.29 is 4.79 Å². The molecule has 1 amide bonds. The maximum absolute atomic E-state index is 12.5. The highest BCUT2D eigenvalue weighted by atomic mass is 32.1. The molecule has 6 nitrogen and oxygen atoms in total. The predicted molar refractivity (Wildman–Crippen MR) is 99.2 cm³/mol. The Kier molecular flexibility index (Phi) is 4.29. The van der Waals surface area contributed by atoms with Crippen molar-refractivity contribution in [2.45, 2.75) is 13.3 Å². The standard InChI is InChI=1S/C17H15N5OS2/c1-11-15(25-17(19-11)12-6-9-24-10-12)16(23)18-7-5-14-21-20-13-4-2-3-8-22(13)14/h2-4,6,8-10H,5,7H2,1H3,(H,18,23). The molecule has 0 aliphatic rings. The number of hydrogen-bond donors (Lipinski definition) is 1. The number of thiazole rings is 1. The first-order valence-corrected chi connectivity index (χ1v) is 9.55. The van der Waals surface area contributed by atoms with Crippen LogP contribution in [0, 0.1) is 6.92 Å². The molecule has 0 saturated carbocycles. The second kappa shape index (κ2) is 6.73. The van der Waals surface area contributed by atoms with Crippen molar-refractivity contribution in [2.24, 2.45) is 0 Å². The summed E-state index contributed by atoms with van der Waals surface area (Å²) in [5.41, 5.74) is 2.63. The number of aryl methyl sites for hydroxylation is 1. The van der Waals surface area contributed by atoms with Crippen molar-refractivity contribution in [3.8, 4) is 10.6 Å². The second-order valence-corrected chi connectivity index (χ2v) is 7.28. The molecule has 4 heterocycles. The zero-order valence-corrected chi connectivity index (χ0v) is 15.1. The summed E-state index contributed by atoms with van der Waals surface area (Å²) >= 11 is 3.05. The Hall–Kier alpha value is -2.58. The topological polar surface area (TPSA) is 72.2 Å². The smallest absolute Gasteiger partial charge is 0.263 e. The zero-order valence-electron chi connectivity index (χ0n) is 13.5. The fourth-order valence-corrected chi connectivity index (χ4v) is 4.24. The molecule has 0 aliphatic heterocycles. The van der Waals surface area contributed by atoms with Gasteiger partial charge in [0.1, 0.15) is 15.7 Å². The summed E-state index contributed by atoms with van der Waals surface area (Å²) in [7, 11) is 0. The minimum atomic E-state index is -0.0923. The van der Waals surface area contributed by atoms with Gasteiger partial charge in [0.2, 0.25) is 0 Å². The summed E-state index contributed by atoms with van der Waals surface area (Å²) in [6.07, 6.45) is 2.54. The summed E-state index contributed by atoms with van der Waals surface area (Å²) in [4.78, 5) is 17.6. The van der Waals surface area contributed by atoms with Crippen LogP contribution in [0.25, 0.3) is 16.2 Å². The van der Waals surface area contributed by atoms with Crippen LogP contribution in [-0.2, 0) is 6.42 Å². The molecule has 8 heteroatoms. The van der Waals surface area contributed by atoms with Gasteiger partial charge < -0.3 is 5.32 Å². The van der Waals surface area contributed by atoms with Crippen LogP contribution < -0.4 is 5.32 Å². The molecule has 0 aliphatic carbocycles. The lowest BCUT2D eigenvalue weighted by Gasteiger charge is -2.03. The predicted octanol–water partition coefficient (Wildman–Crippen LogP) is 3.20. The Labute approximate surface area is 152 Å². The van der Waals surface area contributed by atoms with Crippen LogP contribution in [0.4, 0.5) is 0 Å². The zero-order chi connectivity index (χ0) is 17.2. The number of carbonyl (C=O) groups is 1. The van der Waals surface area contributed by atoms with Crippen molar-refractivity contribution in [3.05, 3.63) is 57.6 Å². The molecule has 1 N–H and O–H groups in total. The van der Waals surface area contributed by atoms with Crippen molar-refractivity contribution in [3.63, 3.8) is 0 Å². The molecule has 0 radical (unpaired) electrons. The third kappa shape index (κ3) is 3.18. The van der Waals surface area contributed by atoms with E-state index in [0.29, 0.717) is 17.8 Å². The first-order chi connectivity index (χ1) is 12.2. The molecule has 126 valence electrons. The van der Waals surface area contributed by atoms with Gasteiger partial charge in [-0.15, -0.1) is 21.5 Å². The quantitative estimate of drug-likeness (QED) is 0.586. The summed E-state index contributed by atoms with van der Waals surface area (Å²) in [5, 5.41) is 16.2. The molecular weight excluding hydrogens is 354 g/mol. The third-order valence-corrected chi connectivity index (χ3v) is 5.68. The summed E-state index contributed by atoms with van der Waals surface area (Å²) in [6.45, 7) is 2.37. The van der Waals surface area contributed by atoms with Crippen LogP contribution in [0.15, 0.2) is 41.2 Å². The lowest BCUT2D eigenvalue weighted by molar-refractivity contribution is 0.0957. The third-order valence-electron chi connectivity index (χ3n) is 3.79. The van der Waals surface area contributed by atoms with Crippen molar-refractivity contribution in [1.82, 2.24) is 24.9 Å². The van der Waals surface area contributed by atoms with Gasteiger partial charge in [-0.25, -0.2) is 4.98 Å². The maximum Gasteiger partial charge on any atom is 0.263 e. The van der Waals surface area contributed by atoms with E-state index in [1.807, 2.05) is 52.5 Å². The number of nitrogens with one attached hydrogen (secondary N) is 1. The lowest BCUT2D eigenvalue weighted by atomic mass is 10.3. The first kappa shape index (κ1) is 15.9. The van der Waals surface area contributed by atoms with Gasteiger partial charge in [-0.05, 0) is 30.5 Å². The molecule has 25 heavy (non-hydrogen) atoms. The van der Waals surface area contributed by atoms with Gasteiger partial charge in [-0.1, -0.05) is 6.07 Å². The summed E-state index contributed by atoms with van der Waals surface area (Å²) in [5.74, 6) is 0.737. The second-order valence-electron chi connectivity index (χ2n) is 5.50. The van der Waals surface area contributed by atoms with Gasteiger partial charge in [-0.2, -0.15) is 11.3 Å². The van der Waals surface area contributed by atoms with E-state index >= 15 is 0 Å². The average molecular weight is 369 g/mol. The van der Waals surface area contributed by atoms with Crippen molar-refractivity contribution in [1.29, 1.82) is 0 Å². The largest absolute Gasteiger partial charge is 0.351 e. The van der Waals surface area contributed by atoms with Gasteiger partial charge in [0, 0.05) is 30.1 Å². The van der Waals surface area contributed by atoms with Crippen LogP contribution in [0.3, 0.4) is 0 Å². The minimum absolute atomic E-state index is 0.0923. The molecule has 0 atom stereocenters. The van der Waals surface area contributed by atoms with E-state index in [9.17, 15) is 4.79 Å². The maximum atomic E-state index is 12.5. The molecule has 0 fully saturated rings. The number of pyridine rings is 1. The van der Waals surface area contributed by atoms with Gasteiger partial charge in [0.25, 0.3) is 5.91 Å². The lowest BCUT2D eigenvalue weighted by Crippen LogP contribution is -2.26. The number of thiophene rings is 1. The Morgan fingerprint density at radius 1 is 1.28 bits per heavy atom. The number of fused-ring (bicyclic) bond motifs is 1. The Morgan fingerprint density at radius 2 is 2.20 bits per heavy atom. The molecule has 4 aromatic rings. The highest BCUT2D eigenvalue weighted by Crippen LogP contribution is 2.29. The fraction of sp³-hybridized carbons (Fsp3) is 0.176. The SMILES string of the molecule is Cc1nc(-c2ccsc2)sc1C(=O)NCCc1nnc2ccccn12. The number of rotatable bonds is 5. The van der Waals surface area contributed by atoms with Crippen molar-refractivity contribution >= 4 is 34.2 Å². The highest BCUT2D eigenvalue weighted by Gasteiger charge is 2.16. The van der Waals surface area contributed by atoms with E-state index in [0.717, 1.165) is 27.7 Å². The molecular formula is C17H15N5OS2. The van der Waals surface area contributed by atoms with Crippen LogP contribution in [0.5, 0.6) is 0 Å². The van der Waals surface area contributed by atoms with E-state index in [2.05, 4.69) is 20.5 Å². The number of nitrogens with zero attached hydrogens (tertiary/aromatic N) is 4. The normalized spacial score (nSPS) is 11.1. The molecule has 0 spiro atoms. The van der Waals surface area contributed by atoms with E-state index < -0.39 is 0 Å². The fourth-order valence-electron chi connectivity index (χ4n) is 2.55. The minimum Gasteiger partial charge on any atom is -0.351 e. The van der Waals surface area contributed by atoms with E-state index in [4.69, 9.17) is 0 Å². The molecule has 4 rings (SSSR count). The Bertz CT molecular complexity index is 1020. The first-order valence-electron chi connectivity index (χ1n) is 7.79. The number of aromatic nitrogens is 4. The molecule has 4 aromatic heterocycles. The Morgan fingerprint density at radius 3 is 3.04 bits per heavy atom.